The molecule has 0 saturated heterocycles. The van der Waals surface area contributed by atoms with Crippen LogP contribution in [0.1, 0.15) is 19.4 Å². The SMILES string of the molecule is COC(C)(/C(C)=N/O)c1ccc(-c2ccccc2)cc1. The van der Waals surface area contributed by atoms with Crippen LogP contribution in [-0.4, -0.2) is 18.0 Å². The van der Waals surface area contributed by atoms with Gasteiger partial charge in [0.2, 0.25) is 0 Å². The van der Waals surface area contributed by atoms with Gasteiger partial charge in [-0.05, 0) is 30.5 Å². The monoisotopic (exact) mass is 269 g/mol. The van der Waals surface area contributed by atoms with Gasteiger partial charge in [0.1, 0.15) is 5.60 Å². The highest BCUT2D eigenvalue weighted by atomic mass is 16.5. The van der Waals surface area contributed by atoms with Crippen LogP contribution in [0, 0.1) is 0 Å². The molecule has 0 aliphatic carbocycles. The smallest absolute Gasteiger partial charge is 0.131 e. The first-order chi connectivity index (χ1) is 9.61. The van der Waals surface area contributed by atoms with E-state index in [1.807, 2.05) is 49.4 Å². The predicted octanol–water partition coefficient (Wildman–Crippen LogP) is 4.07. The summed E-state index contributed by atoms with van der Waals surface area (Å²) < 4.78 is 5.53. The van der Waals surface area contributed by atoms with Gasteiger partial charge in [-0.15, -0.1) is 0 Å². The topological polar surface area (TPSA) is 41.8 Å². The number of nitrogens with zero attached hydrogens (tertiary/aromatic N) is 1. The van der Waals surface area contributed by atoms with Crippen molar-refractivity contribution < 1.29 is 9.94 Å². The quantitative estimate of drug-likeness (QED) is 0.516. The van der Waals surface area contributed by atoms with Gasteiger partial charge in [0.15, 0.2) is 0 Å². The summed E-state index contributed by atoms with van der Waals surface area (Å²) in [6.45, 7) is 3.63. The second kappa shape index (κ2) is 5.88. The van der Waals surface area contributed by atoms with Crippen LogP contribution in [0.15, 0.2) is 59.8 Å². The summed E-state index contributed by atoms with van der Waals surface area (Å²) in [5.41, 5.74) is 3.07. The summed E-state index contributed by atoms with van der Waals surface area (Å²) in [4.78, 5) is 0. The van der Waals surface area contributed by atoms with Gasteiger partial charge in [0, 0.05) is 7.11 Å². The van der Waals surface area contributed by atoms with Gasteiger partial charge in [-0.2, -0.15) is 0 Å². The lowest BCUT2D eigenvalue weighted by Crippen LogP contribution is -2.32. The fourth-order valence-electron chi connectivity index (χ4n) is 2.18. The van der Waals surface area contributed by atoms with Crippen molar-refractivity contribution in [3.8, 4) is 11.1 Å². The lowest BCUT2D eigenvalue weighted by molar-refractivity contribution is 0.0606. The molecule has 2 aromatic carbocycles. The van der Waals surface area contributed by atoms with Gasteiger partial charge in [0.05, 0.1) is 5.71 Å². The molecule has 0 amide bonds. The molecule has 3 heteroatoms. The molecular formula is C17H19NO2. The van der Waals surface area contributed by atoms with Gasteiger partial charge in [0.25, 0.3) is 0 Å². The predicted molar refractivity (Wildman–Crippen MR) is 81.1 cm³/mol. The fraction of sp³-hybridized carbons (Fsp3) is 0.235. The minimum absolute atomic E-state index is 0.521. The molecule has 0 aromatic heterocycles. The number of benzene rings is 2. The van der Waals surface area contributed by atoms with E-state index in [0.29, 0.717) is 5.71 Å². The van der Waals surface area contributed by atoms with Crippen molar-refractivity contribution in [1.82, 2.24) is 0 Å². The van der Waals surface area contributed by atoms with E-state index < -0.39 is 5.60 Å². The molecule has 1 atom stereocenters. The second-order valence-corrected chi connectivity index (χ2v) is 4.87. The Bertz CT molecular complexity index is 590. The zero-order chi connectivity index (χ0) is 14.6. The van der Waals surface area contributed by atoms with Crippen molar-refractivity contribution in [2.45, 2.75) is 19.4 Å². The van der Waals surface area contributed by atoms with Crippen molar-refractivity contribution in [1.29, 1.82) is 0 Å². The lowest BCUT2D eigenvalue weighted by atomic mass is 9.90. The Balaban J connectivity index is 2.37. The van der Waals surface area contributed by atoms with Crippen LogP contribution in [0.2, 0.25) is 0 Å². The summed E-state index contributed by atoms with van der Waals surface area (Å²) in [6, 6.07) is 18.3. The number of rotatable bonds is 4. The first kappa shape index (κ1) is 14.3. The maximum absolute atomic E-state index is 9.00. The molecule has 3 nitrogen and oxygen atoms in total. The average molecular weight is 269 g/mol. The molecule has 0 radical (unpaired) electrons. The molecule has 20 heavy (non-hydrogen) atoms. The van der Waals surface area contributed by atoms with Crippen molar-refractivity contribution in [3.05, 3.63) is 60.2 Å². The van der Waals surface area contributed by atoms with E-state index in [2.05, 4.69) is 17.3 Å². The molecule has 0 bridgehead atoms. The van der Waals surface area contributed by atoms with E-state index in [0.717, 1.165) is 11.1 Å². The first-order valence-corrected chi connectivity index (χ1v) is 6.52. The van der Waals surface area contributed by atoms with E-state index in [1.165, 1.54) is 5.56 Å². The van der Waals surface area contributed by atoms with Gasteiger partial charge in [-0.25, -0.2) is 0 Å². The molecule has 0 spiro atoms. The average Bonchev–Trinajstić information content (AvgIpc) is 2.54. The Morgan fingerprint density at radius 3 is 2.05 bits per heavy atom. The molecule has 2 aromatic rings. The number of ether oxygens (including phenoxy) is 1. The molecule has 0 fully saturated rings. The largest absolute Gasteiger partial charge is 0.411 e. The normalized spacial score (nSPS) is 14.8. The summed E-state index contributed by atoms with van der Waals surface area (Å²) >= 11 is 0. The summed E-state index contributed by atoms with van der Waals surface area (Å²) in [5, 5.41) is 12.3. The molecule has 104 valence electrons. The van der Waals surface area contributed by atoms with Gasteiger partial charge < -0.3 is 9.94 Å². The number of hydrogen-bond donors (Lipinski definition) is 1. The fourth-order valence-corrected chi connectivity index (χ4v) is 2.18. The highest BCUT2D eigenvalue weighted by molar-refractivity contribution is 5.90. The second-order valence-electron chi connectivity index (χ2n) is 4.87. The van der Waals surface area contributed by atoms with Crippen LogP contribution in [0.4, 0.5) is 0 Å². The van der Waals surface area contributed by atoms with E-state index in [4.69, 9.17) is 9.94 Å². The van der Waals surface area contributed by atoms with Crippen LogP contribution < -0.4 is 0 Å². The maximum atomic E-state index is 9.00. The molecule has 0 heterocycles. The van der Waals surface area contributed by atoms with Crippen LogP contribution >= 0.6 is 0 Å². The van der Waals surface area contributed by atoms with Gasteiger partial charge >= 0.3 is 0 Å². The van der Waals surface area contributed by atoms with Crippen LogP contribution in [0.5, 0.6) is 0 Å². The first-order valence-electron chi connectivity index (χ1n) is 6.52. The zero-order valence-corrected chi connectivity index (χ0v) is 12.0. The molecule has 0 aliphatic rings. The Hall–Kier alpha value is -2.13. The van der Waals surface area contributed by atoms with Crippen molar-refractivity contribution in [2.75, 3.05) is 7.11 Å². The van der Waals surface area contributed by atoms with Crippen LogP contribution in [0.25, 0.3) is 11.1 Å². The zero-order valence-electron chi connectivity index (χ0n) is 12.0. The number of oxime groups is 1. The highest BCUT2D eigenvalue weighted by Crippen LogP contribution is 2.29. The Morgan fingerprint density at radius 2 is 1.55 bits per heavy atom. The highest BCUT2D eigenvalue weighted by Gasteiger charge is 2.30. The molecule has 1 N–H and O–H groups in total. The van der Waals surface area contributed by atoms with Crippen molar-refractivity contribution in [2.24, 2.45) is 5.16 Å². The third-order valence-corrected chi connectivity index (χ3v) is 3.79. The van der Waals surface area contributed by atoms with E-state index in [-0.39, 0.29) is 0 Å². The minimum Gasteiger partial charge on any atom is -0.411 e. The third kappa shape index (κ3) is 2.58. The van der Waals surface area contributed by atoms with Crippen LogP contribution in [0.3, 0.4) is 0 Å². The lowest BCUT2D eigenvalue weighted by Gasteiger charge is -2.27. The molecule has 1 unspecified atom stereocenters. The number of methoxy groups -OCH3 is 1. The molecule has 2 rings (SSSR count). The summed E-state index contributed by atoms with van der Waals surface area (Å²) in [6.07, 6.45) is 0. The third-order valence-electron chi connectivity index (χ3n) is 3.79. The standard InChI is InChI=1S/C17H19NO2/c1-13(18-19)17(2,20-3)16-11-9-15(10-12-16)14-7-5-4-6-8-14/h4-12,19H,1-3H3/b18-13+. The summed E-state index contributed by atoms with van der Waals surface area (Å²) in [7, 11) is 1.61. The summed E-state index contributed by atoms with van der Waals surface area (Å²) in [5.74, 6) is 0. The van der Waals surface area contributed by atoms with Gasteiger partial charge in [-0.3, -0.25) is 0 Å². The van der Waals surface area contributed by atoms with E-state index >= 15 is 0 Å². The minimum atomic E-state index is -0.718. The molecule has 0 aliphatic heterocycles. The number of hydrogen-bond acceptors (Lipinski definition) is 3. The van der Waals surface area contributed by atoms with E-state index in [1.54, 1.807) is 14.0 Å². The van der Waals surface area contributed by atoms with E-state index in [9.17, 15) is 0 Å². The van der Waals surface area contributed by atoms with Crippen LogP contribution in [-0.2, 0) is 10.3 Å². The molecule has 0 saturated carbocycles. The Kier molecular flexibility index (Phi) is 4.20. The van der Waals surface area contributed by atoms with Crippen molar-refractivity contribution in [3.63, 3.8) is 0 Å². The maximum Gasteiger partial charge on any atom is 0.131 e. The van der Waals surface area contributed by atoms with Crippen molar-refractivity contribution >= 4 is 5.71 Å². The Labute approximate surface area is 119 Å². The van der Waals surface area contributed by atoms with Gasteiger partial charge in [-0.1, -0.05) is 59.8 Å². The Morgan fingerprint density at radius 1 is 1.00 bits per heavy atom. The molecular weight excluding hydrogens is 250 g/mol.